The molecule has 0 bridgehead atoms. The molecule has 0 saturated heterocycles. The summed E-state index contributed by atoms with van der Waals surface area (Å²) >= 11 is 0. The first kappa shape index (κ1) is 72.6. The van der Waals surface area contributed by atoms with E-state index in [9.17, 15) is 15.0 Å². The molecular formula is C71H129NO3. The van der Waals surface area contributed by atoms with Gasteiger partial charge in [0.2, 0.25) is 5.91 Å². The van der Waals surface area contributed by atoms with Crippen LogP contribution >= 0.6 is 0 Å². The van der Waals surface area contributed by atoms with Crippen LogP contribution in [0.1, 0.15) is 341 Å². The number of rotatable bonds is 61. The quantitative estimate of drug-likeness (QED) is 0.0420. The molecule has 0 radical (unpaired) electrons. The Morgan fingerprint density at radius 3 is 0.880 bits per heavy atom. The van der Waals surface area contributed by atoms with Gasteiger partial charge in [-0.05, 0) is 70.6 Å². The fourth-order valence-corrected chi connectivity index (χ4v) is 10.1. The number of aliphatic hydroxyl groups is 2. The number of nitrogens with one attached hydrogen (secondary N) is 1. The Labute approximate surface area is 469 Å². The molecule has 0 fully saturated rings. The number of aliphatic hydroxyl groups excluding tert-OH is 2. The summed E-state index contributed by atoms with van der Waals surface area (Å²) in [5.41, 5.74) is 0. The maximum atomic E-state index is 12.5. The Morgan fingerprint density at radius 2 is 0.587 bits per heavy atom. The van der Waals surface area contributed by atoms with E-state index < -0.39 is 12.1 Å². The lowest BCUT2D eigenvalue weighted by atomic mass is 10.0. The van der Waals surface area contributed by atoms with Gasteiger partial charge in [-0.3, -0.25) is 4.79 Å². The zero-order chi connectivity index (χ0) is 54.1. The van der Waals surface area contributed by atoms with Crippen LogP contribution in [0, 0.1) is 0 Å². The fourth-order valence-electron chi connectivity index (χ4n) is 10.1. The van der Waals surface area contributed by atoms with Crippen LogP contribution in [-0.2, 0) is 4.79 Å². The molecule has 75 heavy (non-hydrogen) atoms. The maximum absolute atomic E-state index is 12.5. The van der Waals surface area contributed by atoms with E-state index in [2.05, 4.69) is 92.1 Å². The zero-order valence-corrected chi connectivity index (χ0v) is 50.3. The summed E-state index contributed by atoms with van der Waals surface area (Å²) in [6, 6.07) is -0.627. The van der Waals surface area contributed by atoms with Gasteiger partial charge in [-0.1, -0.05) is 349 Å². The van der Waals surface area contributed by atoms with Crippen LogP contribution in [-0.4, -0.2) is 34.9 Å². The lowest BCUT2D eigenvalue weighted by Gasteiger charge is -2.20. The lowest BCUT2D eigenvalue weighted by Crippen LogP contribution is -2.45. The Balaban J connectivity index is 3.48. The van der Waals surface area contributed by atoms with Crippen molar-refractivity contribution in [1.82, 2.24) is 5.32 Å². The molecule has 2 atom stereocenters. The van der Waals surface area contributed by atoms with Crippen molar-refractivity contribution in [2.24, 2.45) is 0 Å². The predicted octanol–water partition coefficient (Wildman–Crippen LogP) is 22.7. The highest BCUT2D eigenvalue weighted by atomic mass is 16.3. The topological polar surface area (TPSA) is 69.6 Å². The van der Waals surface area contributed by atoms with Gasteiger partial charge in [0.05, 0.1) is 18.8 Å². The number of carbonyl (C=O) groups is 1. The molecule has 0 saturated carbocycles. The average Bonchev–Trinajstić information content (AvgIpc) is 3.41. The van der Waals surface area contributed by atoms with Crippen molar-refractivity contribution in [3.05, 3.63) is 85.1 Å². The van der Waals surface area contributed by atoms with E-state index >= 15 is 0 Å². The third-order valence-corrected chi connectivity index (χ3v) is 15.1. The molecule has 4 nitrogen and oxygen atoms in total. The minimum Gasteiger partial charge on any atom is -0.394 e. The van der Waals surface area contributed by atoms with Gasteiger partial charge in [0.15, 0.2) is 0 Å². The summed E-state index contributed by atoms with van der Waals surface area (Å²) in [6.45, 7) is 4.23. The summed E-state index contributed by atoms with van der Waals surface area (Å²) in [6.07, 6.45) is 96.5. The third-order valence-electron chi connectivity index (χ3n) is 15.1. The van der Waals surface area contributed by atoms with Gasteiger partial charge in [-0.2, -0.15) is 0 Å². The molecule has 0 heterocycles. The fraction of sp³-hybridized carbons (Fsp3) is 0.789. The molecule has 436 valence electrons. The van der Waals surface area contributed by atoms with Crippen molar-refractivity contribution < 1.29 is 15.0 Å². The second-order valence-electron chi connectivity index (χ2n) is 22.5. The van der Waals surface area contributed by atoms with Gasteiger partial charge in [-0.25, -0.2) is 0 Å². The second-order valence-corrected chi connectivity index (χ2v) is 22.5. The highest BCUT2D eigenvalue weighted by molar-refractivity contribution is 5.76. The van der Waals surface area contributed by atoms with E-state index in [4.69, 9.17) is 0 Å². The van der Waals surface area contributed by atoms with E-state index in [0.717, 1.165) is 64.2 Å². The third kappa shape index (κ3) is 62.3. The standard InChI is InChI=1S/C71H129NO3/c1-3-5-7-9-11-13-15-17-19-21-23-25-27-29-31-33-34-35-36-37-38-39-41-43-45-47-49-51-53-55-57-59-61-63-65-67-71(75)72-69(68-73)70(74)66-64-62-60-58-56-54-52-50-48-46-44-42-40-32-30-28-26-24-22-20-18-16-14-12-10-8-6-4-2/h5,7,11,13,17,19,23,25,29,31,34-35,64,66,69-70,73-74H,3-4,6,8-10,12,14-16,18,20-22,24,26-28,30,32-33,36-63,65,67-68H2,1-2H3,(H,72,75)/b7-5-,13-11-,19-17-,25-23-,31-29-,35-34-,66-64+. The van der Waals surface area contributed by atoms with Crippen molar-refractivity contribution >= 4 is 5.91 Å². The highest BCUT2D eigenvalue weighted by Gasteiger charge is 2.18. The van der Waals surface area contributed by atoms with Gasteiger partial charge in [0.25, 0.3) is 0 Å². The molecule has 0 aromatic carbocycles. The maximum Gasteiger partial charge on any atom is 0.220 e. The van der Waals surface area contributed by atoms with E-state index in [-0.39, 0.29) is 12.5 Å². The van der Waals surface area contributed by atoms with Crippen molar-refractivity contribution in [2.75, 3.05) is 6.61 Å². The summed E-state index contributed by atoms with van der Waals surface area (Å²) in [4.78, 5) is 12.5. The van der Waals surface area contributed by atoms with Crippen LogP contribution in [0.25, 0.3) is 0 Å². The van der Waals surface area contributed by atoms with Gasteiger partial charge in [-0.15, -0.1) is 0 Å². The molecule has 0 spiro atoms. The number of unbranched alkanes of at least 4 members (excludes halogenated alkanes) is 42. The van der Waals surface area contributed by atoms with Crippen LogP contribution < -0.4 is 5.32 Å². The Bertz CT molecular complexity index is 1320. The number of amides is 1. The van der Waals surface area contributed by atoms with Crippen molar-refractivity contribution in [2.45, 2.75) is 353 Å². The first-order valence-corrected chi connectivity index (χ1v) is 33.3. The molecule has 2 unspecified atom stereocenters. The zero-order valence-electron chi connectivity index (χ0n) is 50.3. The highest BCUT2D eigenvalue weighted by Crippen LogP contribution is 2.18. The summed E-state index contributed by atoms with van der Waals surface area (Å²) in [7, 11) is 0. The van der Waals surface area contributed by atoms with Crippen molar-refractivity contribution in [3.8, 4) is 0 Å². The smallest absolute Gasteiger partial charge is 0.220 e. The van der Waals surface area contributed by atoms with E-state index in [0.29, 0.717) is 6.42 Å². The van der Waals surface area contributed by atoms with E-state index in [1.54, 1.807) is 6.08 Å². The van der Waals surface area contributed by atoms with Gasteiger partial charge in [0.1, 0.15) is 0 Å². The minimum absolute atomic E-state index is 0.0613. The predicted molar refractivity (Wildman–Crippen MR) is 336 cm³/mol. The lowest BCUT2D eigenvalue weighted by molar-refractivity contribution is -0.123. The molecule has 0 rings (SSSR count). The first-order valence-electron chi connectivity index (χ1n) is 33.3. The molecule has 0 aliphatic carbocycles. The van der Waals surface area contributed by atoms with Gasteiger partial charge >= 0.3 is 0 Å². The molecule has 0 aliphatic heterocycles. The number of hydrogen-bond acceptors (Lipinski definition) is 3. The summed E-state index contributed by atoms with van der Waals surface area (Å²) in [5, 5.41) is 23.3. The average molecular weight is 1040 g/mol. The largest absolute Gasteiger partial charge is 0.394 e. The molecule has 0 aromatic rings. The molecule has 0 aliphatic rings. The van der Waals surface area contributed by atoms with E-state index in [1.807, 2.05) is 6.08 Å². The Morgan fingerprint density at radius 1 is 0.333 bits per heavy atom. The van der Waals surface area contributed by atoms with Crippen LogP contribution in [0.5, 0.6) is 0 Å². The van der Waals surface area contributed by atoms with Crippen LogP contribution in [0.15, 0.2) is 85.1 Å². The Hall–Kier alpha value is -2.43. The molecule has 0 aromatic heterocycles. The van der Waals surface area contributed by atoms with Crippen LogP contribution in [0.4, 0.5) is 0 Å². The Kier molecular flexibility index (Phi) is 63.7. The van der Waals surface area contributed by atoms with Crippen LogP contribution in [0.3, 0.4) is 0 Å². The molecular weight excluding hydrogens is 915 g/mol. The summed E-state index contributed by atoms with van der Waals surface area (Å²) in [5.74, 6) is -0.0613. The van der Waals surface area contributed by atoms with Gasteiger partial charge in [0, 0.05) is 6.42 Å². The van der Waals surface area contributed by atoms with Crippen LogP contribution in [0.2, 0.25) is 0 Å². The van der Waals surface area contributed by atoms with E-state index in [1.165, 1.54) is 257 Å². The summed E-state index contributed by atoms with van der Waals surface area (Å²) < 4.78 is 0. The number of carbonyl (C=O) groups excluding carboxylic acids is 1. The first-order chi connectivity index (χ1) is 37.2. The number of hydrogen-bond donors (Lipinski definition) is 3. The monoisotopic (exact) mass is 1040 g/mol. The van der Waals surface area contributed by atoms with Gasteiger partial charge < -0.3 is 15.5 Å². The molecule has 1 amide bonds. The minimum atomic E-state index is -0.844. The van der Waals surface area contributed by atoms with Crippen molar-refractivity contribution in [3.63, 3.8) is 0 Å². The normalized spacial score (nSPS) is 13.3. The van der Waals surface area contributed by atoms with Crippen molar-refractivity contribution in [1.29, 1.82) is 0 Å². The SMILES string of the molecule is CC/C=C\C/C=C\C/C=C\C/C=C\C/C=C\C/C=C\CCCCCCCCCCCCCCCCCCC(=O)NC(CO)C(O)/C=C/CCCCCCCCCCCCCCCCCCCCCCCCCCCC. The molecule has 3 N–H and O–H groups in total. The molecule has 4 heteroatoms. The second kappa shape index (κ2) is 65.9. The number of allylic oxidation sites excluding steroid dienone is 13.